The Labute approximate surface area is 172 Å². The van der Waals surface area contributed by atoms with Gasteiger partial charge in [0, 0.05) is 31.6 Å². The van der Waals surface area contributed by atoms with E-state index in [1.807, 2.05) is 24.3 Å². The fraction of sp³-hybridized carbons (Fsp3) is 0.556. The van der Waals surface area contributed by atoms with Crippen molar-refractivity contribution < 1.29 is 9.53 Å². The van der Waals surface area contributed by atoms with Crippen LogP contribution >= 0.6 is 35.6 Å². The molecule has 1 aliphatic carbocycles. The quantitative estimate of drug-likeness (QED) is 0.205. The number of halogens is 2. The molecule has 25 heavy (non-hydrogen) atoms. The minimum absolute atomic E-state index is 0. The number of nitrogens with one attached hydrogen (secondary N) is 2. The largest absolute Gasteiger partial charge is 0.462 e. The van der Waals surface area contributed by atoms with E-state index < -0.39 is 0 Å². The smallest absolute Gasteiger partial charge is 0.306 e. The first-order valence-corrected chi connectivity index (χ1v) is 8.94. The zero-order chi connectivity index (χ0) is 17.2. The molecule has 0 aliphatic heterocycles. The number of hydrogen-bond acceptors (Lipinski definition) is 3. The molecule has 2 rings (SSSR count). The van der Waals surface area contributed by atoms with Crippen LogP contribution in [0.2, 0.25) is 5.02 Å². The molecule has 1 saturated carbocycles. The van der Waals surface area contributed by atoms with Crippen molar-refractivity contribution in [3.63, 3.8) is 0 Å². The molecule has 0 saturated heterocycles. The molecule has 5 nitrogen and oxygen atoms in total. The molecule has 140 valence electrons. The first-order chi connectivity index (χ1) is 11.7. The van der Waals surface area contributed by atoms with Gasteiger partial charge >= 0.3 is 5.97 Å². The number of nitrogens with zero attached hydrogens (tertiary/aromatic N) is 1. The molecule has 0 atom stereocenters. The van der Waals surface area contributed by atoms with E-state index in [-0.39, 0.29) is 36.0 Å². The van der Waals surface area contributed by atoms with Crippen LogP contribution in [0.15, 0.2) is 29.3 Å². The first-order valence-electron chi connectivity index (χ1n) is 8.56. The second kappa shape index (κ2) is 12.4. The number of rotatable bonds is 7. The van der Waals surface area contributed by atoms with Crippen LogP contribution in [0.25, 0.3) is 0 Å². The molecule has 0 radical (unpaired) electrons. The molecular weight excluding hydrogens is 453 g/mol. The maximum atomic E-state index is 11.8. The summed E-state index contributed by atoms with van der Waals surface area (Å²) in [5.74, 6) is 0.599. The summed E-state index contributed by atoms with van der Waals surface area (Å²) in [5, 5.41) is 7.14. The third-order valence-corrected chi connectivity index (χ3v) is 4.45. The number of guanidine groups is 1. The number of benzene rings is 1. The molecule has 7 heteroatoms. The predicted molar refractivity (Wildman–Crippen MR) is 113 cm³/mol. The van der Waals surface area contributed by atoms with Crippen LogP contribution in [0, 0.1) is 0 Å². The van der Waals surface area contributed by atoms with Crippen molar-refractivity contribution in [2.45, 2.75) is 51.2 Å². The van der Waals surface area contributed by atoms with E-state index in [0.717, 1.165) is 29.8 Å². The minimum Gasteiger partial charge on any atom is -0.462 e. The molecule has 0 aromatic heterocycles. The van der Waals surface area contributed by atoms with E-state index in [2.05, 4.69) is 15.6 Å². The standard InChI is InChI=1S/C18H26ClN3O2.HI/c1-20-18(22-13-14-7-2-5-10-16(14)19)21-12-6-11-17(23)24-15-8-3-4-9-15;/h2,5,7,10,15H,3-4,6,8-9,11-13H2,1H3,(H2,20,21,22);1H. The summed E-state index contributed by atoms with van der Waals surface area (Å²) in [6.45, 7) is 1.27. The molecule has 2 N–H and O–H groups in total. The molecule has 0 amide bonds. The van der Waals surface area contributed by atoms with Crippen molar-refractivity contribution in [3.05, 3.63) is 34.9 Å². The van der Waals surface area contributed by atoms with Crippen LogP contribution in [0.4, 0.5) is 0 Å². The average Bonchev–Trinajstić information content (AvgIpc) is 3.08. The fourth-order valence-corrected chi connectivity index (χ4v) is 2.93. The summed E-state index contributed by atoms with van der Waals surface area (Å²) in [7, 11) is 1.72. The third kappa shape index (κ3) is 8.27. The van der Waals surface area contributed by atoms with Crippen LogP contribution in [-0.4, -0.2) is 31.6 Å². The van der Waals surface area contributed by atoms with Gasteiger partial charge in [0.15, 0.2) is 5.96 Å². The third-order valence-electron chi connectivity index (χ3n) is 4.08. The Morgan fingerprint density at radius 2 is 2.00 bits per heavy atom. The molecule has 1 aliphatic rings. The van der Waals surface area contributed by atoms with Gasteiger partial charge in [-0.25, -0.2) is 0 Å². The lowest BCUT2D eigenvalue weighted by Crippen LogP contribution is -2.37. The van der Waals surface area contributed by atoms with Crippen LogP contribution in [0.5, 0.6) is 0 Å². The van der Waals surface area contributed by atoms with Gasteiger partial charge in [-0.05, 0) is 43.7 Å². The topological polar surface area (TPSA) is 62.7 Å². The number of esters is 1. The normalized spacial score (nSPS) is 14.7. The second-order valence-electron chi connectivity index (χ2n) is 5.94. The highest BCUT2D eigenvalue weighted by molar-refractivity contribution is 14.0. The lowest BCUT2D eigenvalue weighted by atomic mass is 10.2. The monoisotopic (exact) mass is 479 g/mol. The van der Waals surface area contributed by atoms with Crippen molar-refractivity contribution in [2.24, 2.45) is 4.99 Å². The van der Waals surface area contributed by atoms with E-state index in [1.165, 1.54) is 12.8 Å². The summed E-state index contributed by atoms with van der Waals surface area (Å²) < 4.78 is 5.44. The molecular formula is C18H27ClIN3O2. The maximum Gasteiger partial charge on any atom is 0.306 e. The van der Waals surface area contributed by atoms with Crippen molar-refractivity contribution in [1.82, 2.24) is 10.6 Å². The Morgan fingerprint density at radius 3 is 2.68 bits per heavy atom. The summed E-state index contributed by atoms with van der Waals surface area (Å²) >= 11 is 6.13. The summed E-state index contributed by atoms with van der Waals surface area (Å²) in [6.07, 6.45) is 5.68. The van der Waals surface area contributed by atoms with Gasteiger partial charge in [-0.1, -0.05) is 29.8 Å². The Bertz CT molecular complexity index is 563. The van der Waals surface area contributed by atoms with Crippen molar-refractivity contribution >= 4 is 47.5 Å². The van der Waals surface area contributed by atoms with E-state index in [1.54, 1.807) is 7.05 Å². The molecule has 1 aromatic carbocycles. The van der Waals surface area contributed by atoms with Crippen molar-refractivity contribution in [1.29, 1.82) is 0 Å². The van der Waals surface area contributed by atoms with Gasteiger partial charge in [-0.15, -0.1) is 24.0 Å². The van der Waals surface area contributed by atoms with E-state index >= 15 is 0 Å². The fourth-order valence-electron chi connectivity index (χ4n) is 2.73. The van der Waals surface area contributed by atoms with Gasteiger partial charge < -0.3 is 15.4 Å². The van der Waals surface area contributed by atoms with Gasteiger partial charge in [0.1, 0.15) is 6.10 Å². The van der Waals surface area contributed by atoms with Crippen LogP contribution in [-0.2, 0) is 16.1 Å². The minimum atomic E-state index is -0.0947. The van der Waals surface area contributed by atoms with E-state index in [4.69, 9.17) is 16.3 Å². The molecule has 1 fully saturated rings. The van der Waals surface area contributed by atoms with Crippen molar-refractivity contribution in [3.8, 4) is 0 Å². The van der Waals surface area contributed by atoms with Crippen LogP contribution in [0.3, 0.4) is 0 Å². The average molecular weight is 480 g/mol. The SMILES string of the molecule is CN=C(NCCCC(=O)OC1CCCC1)NCc1ccccc1Cl.I. The Kier molecular flexibility index (Phi) is 10.9. The summed E-state index contributed by atoms with van der Waals surface area (Å²) in [6, 6.07) is 7.70. The van der Waals surface area contributed by atoms with Gasteiger partial charge in [-0.2, -0.15) is 0 Å². The summed E-state index contributed by atoms with van der Waals surface area (Å²) in [4.78, 5) is 15.9. The second-order valence-corrected chi connectivity index (χ2v) is 6.35. The van der Waals surface area contributed by atoms with Gasteiger partial charge in [0.05, 0.1) is 0 Å². The zero-order valence-electron chi connectivity index (χ0n) is 14.6. The number of ether oxygens (including phenoxy) is 1. The number of aliphatic imine (C=N–C) groups is 1. The Morgan fingerprint density at radius 1 is 1.28 bits per heavy atom. The van der Waals surface area contributed by atoms with Crippen molar-refractivity contribution in [2.75, 3.05) is 13.6 Å². The van der Waals surface area contributed by atoms with E-state index in [0.29, 0.717) is 25.5 Å². The number of hydrogen-bond donors (Lipinski definition) is 2. The highest BCUT2D eigenvalue weighted by atomic mass is 127. The highest BCUT2D eigenvalue weighted by Crippen LogP contribution is 2.21. The lowest BCUT2D eigenvalue weighted by Gasteiger charge is -2.13. The van der Waals surface area contributed by atoms with Gasteiger partial charge in [0.2, 0.25) is 0 Å². The van der Waals surface area contributed by atoms with Crippen LogP contribution in [0.1, 0.15) is 44.1 Å². The molecule has 0 unspecified atom stereocenters. The van der Waals surface area contributed by atoms with Crippen LogP contribution < -0.4 is 10.6 Å². The van der Waals surface area contributed by atoms with Gasteiger partial charge in [0.25, 0.3) is 0 Å². The Balaban J connectivity index is 0.00000312. The van der Waals surface area contributed by atoms with Gasteiger partial charge in [-0.3, -0.25) is 9.79 Å². The molecule has 0 spiro atoms. The predicted octanol–water partition coefficient (Wildman–Crippen LogP) is 3.89. The number of carbonyl (C=O) groups is 1. The molecule has 1 aromatic rings. The Hall–Kier alpha value is -1.02. The first kappa shape index (κ1) is 22.0. The molecule has 0 heterocycles. The maximum absolute atomic E-state index is 11.8. The van der Waals surface area contributed by atoms with E-state index in [9.17, 15) is 4.79 Å². The zero-order valence-corrected chi connectivity index (χ0v) is 17.7. The molecule has 0 bridgehead atoms. The highest BCUT2D eigenvalue weighted by Gasteiger charge is 2.18. The lowest BCUT2D eigenvalue weighted by molar-refractivity contribution is -0.148. The summed E-state index contributed by atoms with van der Waals surface area (Å²) in [5.41, 5.74) is 1.02. The number of carbonyl (C=O) groups excluding carboxylic acids is 1.